The molecule has 1 heterocycles. The van der Waals surface area contributed by atoms with Gasteiger partial charge in [-0.15, -0.1) is 0 Å². The Morgan fingerprint density at radius 1 is 1.19 bits per heavy atom. The zero-order valence-corrected chi connectivity index (χ0v) is 22.4. The van der Waals surface area contributed by atoms with E-state index in [1.54, 1.807) is 30.0 Å². The molecule has 0 saturated heterocycles. The smallest absolute Gasteiger partial charge is 0.262 e. The van der Waals surface area contributed by atoms with Gasteiger partial charge >= 0.3 is 0 Å². The summed E-state index contributed by atoms with van der Waals surface area (Å²) in [6, 6.07) is 10.3. The van der Waals surface area contributed by atoms with E-state index < -0.39 is 16.1 Å². The minimum Gasteiger partial charge on any atom is -0.486 e. The Morgan fingerprint density at radius 2 is 1.89 bits per heavy atom. The number of rotatable bonds is 9. The second-order valence-electron chi connectivity index (χ2n) is 10.0. The molecule has 2 aliphatic rings. The van der Waals surface area contributed by atoms with Crippen molar-refractivity contribution < 1.29 is 23.1 Å². The number of fused-ring (bicyclic) bond motifs is 1. The van der Waals surface area contributed by atoms with E-state index in [1.807, 2.05) is 6.92 Å². The van der Waals surface area contributed by atoms with Crippen molar-refractivity contribution in [2.45, 2.75) is 43.7 Å². The number of carbonyl (C=O) groups excluding carboxylic acids is 1. The molecule has 3 atom stereocenters. The standard InChI is InChI=1S/C26H34ClN3O5S/c1-17-13-30(18(2)16-31)26(32)22-5-4-6-23(28-36(33,34)21-11-9-20(27)10-12-21)25(22)35-24(17)15-29(3)14-19-7-8-19/h4-6,9-12,17-19,24,28,31H,7-8,13-16H2,1-3H3/t17-,18+,24+/m1/s1. The maximum absolute atomic E-state index is 13.6. The van der Waals surface area contributed by atoms with Crippen LogP contribution in [0.2, 0.25) is 5.02 Å². The number of aliphatic hydroxyl groups excluding tert-OH is 1. The van der Waals surface area contributed by atoms with Crippen LogP contribution in [0.15, 0.2) is 47.4 Å². The van der Waals surface area contributed by atoms with Crippen molar-refractivity contribution in [2.24, 2.45) is 11.8 Å². The number of carbonyl (C=O) groups is 1. The van der Waals surface area contributed by atoms with Gasteiger partial charge in [-0.25, -0.2) is 8.42 Å². The van der Waals surface area contributed by atoms with E-state index in [9.17, 15) is 18.3 Å². The molecular formula is C26H34ClN3O5S. The van der Waals surface area contributed by atoms with E-state index in [1.165, 1.54) is 37.1 Å². The molecule has 2 aromatic carbocycles. The van der Waals surface area contributed by atoms with Crippen LogP contribution in [-0.4, -0.2) is 74.7 Å². The minimum atomic E-state index is -3.96. The quantitative estimate of drug-likeness (QED) is 0.508. The molecule has 10 heteroatoms. The fraction of sp³-hybridized carbons (Fsp3) is 0.500. The maximum Gasteiger partial charge on any atom is 0.262 e. The summed E-state index contributed by atoms with van der Waals surface area (Å²) < 4.78 is 35.4. The molecule has 4 rings (SSSR count). The first kappa shape index (κ1) is 26.7. The summed E-state index contributed by atoms with van der Waals surface area (Å²) in [4.78, 5) is 17.5. The third kappa shape index (κ3) is 6.14. The number of amides is 1. The molecule has 0 spiro atoms. The van der Waals surface area contributed by atoms with Crippen LogP contribution in [0, 0.1) is 11.8 Å². The Kier molecular flexibility index (Phi) is 8.14. The predicted octanol–water partition coefficient (Wildman–Crippen LogP) is 3.70. The van der Waals surface area contributed by atoms with Gasteiger partial charge in [-0.05, 0) is 69.1 Å². The summed E-state index contributed by atoms with van der Waals surface area (Å²) >= 11 is 5.92. The third-order valence-electron chi connectivity index (χ3n) is 6.82. The number of likely N-dealkylation sites (N-methyl/N-ethyl adjacent to an activating group) is 1. The lowest BCUT2D eigenvalue weighted by Crippen LogP contribution is -2.50. The normalized spacial score (nSPS) is 21.4. The molecule has 1 saturated carbocycles. The van der Waals surface area contributed by atoms with E-state index in [2.05, 4.69) is 16.7 Å². The molecule has 1 amide bonds. The van der Waals surface area contributed by atoms with Gasteiger partial charge in [-0.3, -0.25) is 9.52 Å². The average molecular weight is 536 g/mol. The Morgan fingerprint density at radius 3 is 2.53 bits per heavy atom. The number of sulfonamides is 1. The van der Waals surface area contributed by atoms with E-state index in [-0.39, 0.29) is 46.4 Å². The Bertz CT molecular complexity index is 1190. The zero-order chi connectivity index (χ0) is 26.0. The first-order chi connectivity index (χ1) is 17.1. The predicted molar refractivity (Wildman–Crippen MR) is 140 cm³/mol. The largest absolute Gasteiger partial charge is 0.486 e. The highest BCUT2D eigenvalue weighted by molar-refractivity contribution is 7.92. The highest BCUT2D eigenvalue weighted by Gasteiger charge is 2.35. The minimum absolute atomic E-state index is 0.0475. The molecule has 1 fully saturated rings. The average Bonchev–Trinajstić information content (AvgIpc) is 3.65. The van der Waals surface area contributed by atoms with Crippen molar-refractivity contribution in [3.05, 3.63) is 53.1 Å². The third-order valence-corrected chi connectivity index (χ3v) is 8.45. The SMILES string of the molecule is C[C@@H]1CN([C@@H](C)CO)C(=O)c2cccc(NS(=O)(=O)c3ccc(Cl)cc3)c2O[C@H]1CN(C)CC1CC1. The van der Waals surface area contributed by atoms with Crippen LogP contribution in [0.4, 0.5) is 5.69 Å². The molecule has 2 N–H and O–H groups in total. The van der Waals surface area contributed by atoms with Gasteiger partial charge in [-0.2, -0.15) is 0 Å². The van der Waals surface area contributed by atoms with Gasteiger partial charge in [0.2, 0.25) is 0 Å². The molecule has 0 radical (unpaired) electrons. The molecule has 196 valence electrons. The number of para-hydroxylation sites is 1. The van der Waals surface area contributed by atoms with Crippen LogP contribution in [0.3, 0.4) is 0 Å². The zero-order valence-electron chi connectivity index (χ0n) is 20.9. The molecule has 1 aliphatic heterocycles. The molecule has 1 aliphatic carbocycles. The van der Waals surface area contributed by atoms with Crippen molar-refractivity contribution in [2.75, 3.05) is 38.0 Å². The summed E-state index contributed by atoms with van der Waals surface area (Å²) in [5.74, 6) is 0.543. The maximum atomic E-state index is 13.6. The van der Waals surface area contributed by atoms with Crippen molar-refractivity contribution in [3.63, 3.8) is 0 Å². The lowest BCUT2D eigenvalue weighted by Gasteiger charge is -2.38. The van der Waals surface area contributed by atoms with Crippen molar-refractivity contribution in [1.29, 1.82) is 0 Å². The fourth-order valence-electron chi connectivity index (χ4n) is 4.48. The second kappa shape index (κ2) is 11.0. The van der Waals surface area contributed by atoms with E-state index in [0.29, 0.717) is 24.0 Å². The van der Waals surface area contributed by atoms with Gasteiger partial charge in [0.15, 0.2) is 5.75 Å². The van der Waals surface area contributed by atoms with Gasteiger partial charge in [0.05, 0.1) is 28.8 Å². The number of ether oxygens (including phenoxy) is 1. The summed E-state index contributed by atoms with van der Waals surface area (Å²) in [7, 11) is -1.90. The molecule has 0 aromatic heterocycles. The Labute approximate surface area is 218 Å². The lowest BCUT2D eigenvalue weighted by molar-refractivity contribution is 0.0346. The highest BCUT2D eigenvalue weighted by atomic mass is 35.5. The van der Waals surface area contributed by atoms with Crippen LogP contribution < -0.4 is 9.46 Å². The lowest BCUT2D eigenvalue weighted by atomic mass is 9.99. The monoisotopic (exact) mass is 535 g/mol. The number of nitrogens with zero attached hydrogens (tertiary/aromatic N) is 2. The van der Waals surface area contributed by atoms with Crippen LogP contribution in [0.1, 0.15) is 37.0 Å². The topological polar surface area (TPSA) is 99.2 Å². The van der Waals surface area contributed by atoms with Crippen molar-refractivity contribution >= 4 is 33.2 Å². The summed E-state index contributed by atoms with van der Waals surface area (Å²) in [6.45, 7) is 5.66. The Balaban J connectivity index is 1.72. The number of aliphatic hydroxyl groups is 1. The van der Waals surface area contributed by atoms with Crippen LogP contribution >= 0.6 is 11.6 Å². The van der Waals surface area contributed by atoms with E-state index in [0.717, 1.165) is 6.54 Å². The number of halogens is 1. The fourth-order valence-corrected chi connectivity index (χ4v) is 5.67. The molecule has 8 nitrogen and oxygen atoms in total. The highest BCUT2D eigenvalue weighted by Crippen LogP contribution is 2.36. The van der Waals surface area contributed by atoms with Crippen LogP contribution in [0.25, 0.3) is 0 Å². The van der Waals surface area contributed by atoms with Gasteiger partial charge < -0.3 is 19.6 Å². The van der Waals surface area contributed by atoms with Crippen LogP contribution in [0.5, 0.6) is 5.75 Å². The van der Waals surface area contributed by atoms with Gasteiger partial charge in [0.1, 0.15) is 6.10 Å². The summed E-state index contributed by atoms with van der Waals surface area (Å²) in [6.07, 6.45) is 2.18. The van der Waals surface area contributed by atoms with Crippen molar-refractivity contribution in [3.8, 4) is 5.75 Å². The molecule has 36 heavy (non-hydrogen) atoms. The molecule has 2 aromatic rings. The molecular weight excluding hydrogens is 502 g/mol. The number of anilines is 1. The second-order valence-corrected chi connectivity index (χ2v) is 12.1. The number of nitrogens with one attached hydrogen (secondary N) is 1. The van der Waals surface area contributed by atoms with Gasteiger partial charge in [-0.1, -0.05) is 24.6 Å². The number of hydrogen-bond acceptors (Lipinski definition) is 6. The summed E-state index contributed by atoms with van der Waals surface area (Å²) in [5.41, 5.74) is 0.449. The van der Waals surface area contributed by atoms with Crippen LogP contribution in [-0.2, 0) is 10.0 Å². The van der Waals surface area contributed by atoms with E-state index in [4.69, 9.17) is 16.3 Å². The first-order valence-corrected chi connectivity index (χ1v) is 14.1. The van der Waals surface area contributed by atoms with Gasteiger partial charge in [0.25, 0.3) is 15.9 Å². The number of benzene rings is 2. The molecule has 0 unspecified atom stereocenters. The van der Waals surface area contributed by atoms with Gasteiger partial charge in [0, 0.05) is 30.6 Å². The van der Waals surface area contributed by atoms with E-state index >= 15 is 0 Å². The molecule has 0 bridgehead atoms. The first-order valence-electron chi connectivity index (χ1n) is 12.3. The van der Waals surface area contributed by atoms with Crippen molar-refractivity contribution in [1.82, 2.24) is 9.80 Å². The Hall–Kier alpha value is -2.33. The summed E-state index contributed by atoms with van der Waals surface area (Å²) in [5, 5.41) is 10.3. The number of hydrogen-bond donors (Lipinski definition) is 2.